The van der Waals surface area contributed by atoms with Crippen molar-refractivity contribution in [1.29, 1.82) is 0 Å². The van der Waals surface area contributed by atoms with Gasteiger partial charge in [0.1, 0.15) is 0 Å². The molecule has 1 amide bonds. The van der Waals surface area contributed by atoms with Crippen LogP contribution in [0.4, 0.5) is 5.82 Å². The van der Waals surface area contributed by atoms with Crippen LogP contribution in [0.15, 0.2) is 12.1 Å². The molecule has 0 aliphatic heterocycles. The molecule has 21 heavy (non-hydrogen) atoms. The van der Waals surface area contributed by atoms with Gasteiger partial charge < -0.3 is 10.7 Å². The van der Waals surface area contributed by atoms with Crippen LogP contribution >= 0.6 is 0 Å². The molecule has 114 valence electrons. The van der Waals surface area contributed by atoms with Crippen molar-refractivity contribution in [2.24, 2.45) is 22.6 Å². The molecule has 2 aliphatic rings. The van der Waals surface area contributed by atoms with Crippen molar-refractivity contribution in [3.8, 4) is 0 Å². The summed E-state index contributed by atoms with van der Waals surface area (Å²) in [5, 5.41) is 11.0. The number of nitrogens with zero attached hydrogens (tertiary/aromatic N) is 2. The standard InChI is InChI=1S/C15H23N5O/c1-14(2)9-6-7-15(3,8-9)13(14)17-12(21)10-4-5-11(18-16)20-19-10/h4-5,9,13H,6-8,16H2,1-3H3,(H,17,21)(H,18,20). The molecule has 1 aromatic rings. The van der Waals surface area contributed by atoms with Crippen molar-refractivity contribution in [2.45, 2.75) is 46.1 Å². The summed E-state index contributed by atoms with van der Waals surface area (Å²) in [7, 11) is 0. The van der Waals surface area contributed by atoms with Gasteiger partial charge in [0.2, 0.25) is 0 Å². The Bertz CT molecular complexity index is 551. The van der Waals surface area contributed by atoms with Gasteiger partial charge in [0.05, 0.1) is 0 Å². The van der Waals surface area contributed by atoms with E-state index < -0.39 is 0 Å². The minimum absolute atomic E-state index is 0.134. The Labute approximate surface area is 124 Å². The van der Waals surface area contributed by atoms with E-state index in [0.29, 0.717) is 17.4 Å². The summed E-state index contributed by atoms with van der Waals surface area (Å²) in [6, 6.07) is 3.47. The Hall–Kier alpha value is -1.69. The molecule has 1 heterocycles. The van der Waals surface area contributed by atoms with Gasteiger partial charge in [0.25, 0.3) is 5.91 Å². The first-order valence-corrected chi connectivity index (χ1v) is 7.48. The fourth-order valence-electron chi connectivity index (χ4n) is 4.40. The van der Waals surface area contributed by atoms with Gasteiger partial charge in [0.15, 0.2) is 11.5 Å². The predicted molar refractivity (Wildman–Crippen MR) is 80.3 cm³/mol. The predicted octanol–water partition coefficient (Wildman–Crippen LogP) is 1.71. The van der Waals surface area contributed by atoms with Gasteiger partial charge in [0, 0.05) is 6.04 Å². The monoisotopic (exact) mass is 289 g/mol. The number of anilines is 1. The number of hydrazine groups is 1. The van der Waals surface area contributed by atoms with Crippen molar-refractivity contribution < 1.29 is 4.79 Å². The number of nitrogens with two attached hydrogens (primary N) is 1. The maximum Gasteiger partial charge on any atom is 0.272 e. The number of nitrogens with one attached hydrogen (secondary N) is 2. The van der Waals surface area contributed by atoms with E-state index in [-0.39, 0.29) is 22.8 Å². The normalized spacial score (nSPS) is 33.0. The number of rotatable bonds is 3. The molecule has 2 saturated carbocycles. The molecule has 3 rings (SSSR count). The van der Waals surface area contributed by atoms with Crippen molar-refractivity contribution in [2.75, 3.05) is 5.43 Å². The van der Waals surface area contributed by atoms with Crippen LogP contribution < -0.4 is 16.6 Å². The maximum absolute atomic E-state index is 12.4. The average molecular weight is 289 g/mol. The van der Waals surface area contributed by atoms with E-state index in [9.17, 15) is 4.79 Å². The summed E-state index contributed by atoms with van der Waals surface area (Å²) in [6.45, 7) is 6.82. The Morgan fingerprint density at radius 3 is 2.62 bits per heavy atom. The highest BCUT2D eigenvalue weighted by Crippen LogP contribution is 2.62. The summed E-state index contributed by atoms with van der Waals surface area (Å²) in [6.07, 6.45) is 3.66. The average Bonchev–Trinajstić information content (AvgIpc) is 2.94. The topological polar surface area (TPSA) is 92.9 Å². The lowest BCUT2D eigenvalue weighted by Crippen LogP contribution is -2.52. The van der Waals surface area contributed by atoms with Crippen LogP contribution in [0.2, 0.25) is 0 Å². The van der Waals surface area contributed by atoms with Crippen molar-refractivity contribution in [3.63, 3.8) is 0 Å². The van der Waals surface area contributed by atoms with Gasteiger partial charge in [-0.3, -0.25) is 4.79 Å². The van der Waals surface area contributed by atoms with Crippen LogP contribution in [0.1, 0.15) is 50.5 Å². The van der Waals surface area contributed by atoms with Crippen molar-refractivity contribution in [1.82, 2.24) is 15.5 Å². The zero-order valence-electron chi connectivity index (χ0n) is 12.8. The first kappa shape index (κ1) is 14.3. The number of hydrogen-bond donors (Lipinski definition) is 3. The van der Waals surface area contributed by atoms with Gasteiger partial charge in [-0.25, -0.2) is 5.84 Å². The minimum atomic E-state index is -0.155. The summed E-state index contributed by atoms with van der Waals surface area (Å²) in [5.74, 6) is 6.23. The summed E-state index contributed by atoms with van der Waals surface area (Å²) >= 11 is 0. The molecule has 0 saturated heterocycles. The van der Waals surface area contributed by atoms with Crippen LogP contribution in [0.25, 0.3) is 0 Å². The Balaban J connectivity index is 1.78. The van der Waals surface area contributed by atoms with Gasteiger partial charge in [-0.15, -0.1) is 10.2 Å². The fraction of sp³-hybridized carbons (Fsp3) is 0.667. The maximum atomic E-state index is 12.4. The number of fused-ring (bicyclic) bond motifs is 2. The zero-order chi connectivity index (χ0) is 15.3. The SMILES string of the molecule is CC12CCC(C1)C(C)(C)C2NC(=O)c1ccc(NN)nn1. The van der Waals surface area contributed by atoms with Crippen LogP contribution in [0.5, 0.6) is 0 Å². The van der Waals surface area contributed by atoms with Gasteiger partial charge >= 0.3 is 0 Å². The lowest BCUT2D eigenvalue weighted by atomic mass is 9.68. The third kappa shape index (κ3) is 2.18. The molecule has 3 unspecified atom stereocenters. The lowest BCUT2D eigenvalue weighted by molar-refractivity contribution is 0.0732. The number of nitrogen functional groups attached to an aromatic ring is 1. The smallest absolute Gasteiger partial charge is 0.272 e. The molecular formula is C15H23N5O. The van der Waals surface area contributed by atoms with Crippen molar-refractivity contribution in [3.05, 3.63) is 17.8 Å². The molecular weight excluding hydrogens is 266 g/mol. The molecule has 6 heteroatoms. The number of hydrogen-bond acceptors (Lipinski definition) is 5. The molecule has 2 bridgehead atoms. The second-order valence-corrected chi connectivity index (χ2v) is 7.27. The van der Waals surface area contributed by atoms with E-state index in [0.717, 1.165) is 0 Å². The molecule has 0 radical (unpaired) electrons. The largest absolute Gasteiger partial charge is 0.347 e. The third-order valence-electron chi connectivity index (χ3n) is 5.59. The van der Waals surface area contributed by atoms with Gasteiger partial charge in [-0.2, -0.15) is 0 Å². The fourth-order valence-corrected chi connectivity index (χ4v) is 4.40. The van der Waals surface area contributed by atoms with E-state index in [1.54, 1.807) is 12.1 Å². The Morgan fingerprint density at radius 1 is 1.33 bits per heavy atom. The number of carbonyl (C=O) groups is 1. The second-order valence-electron chi connectivity index (χ2n) is 7.27. The molecule has 0 aromatic carbocycles. The number of aromatic nitrogens is 2. The number of amides is 1. The summed E-state index contributed by atoms with van der Waals surface area (Å²) in [5.41, 5.74) is 3.07. The Kier molecular flexibility index (Phi) is 3.16. The van der Waals surface area contributed by atoms with E-state index in [1.165, 1.54) is 19.3 Å². The minimum Gasteiger partial charge on any atom is -0.347 e. The van der Waals surface area contributed by atoms with E-state index in [2.05, 4.69) is 41.7 Å². The summed E-state index contributed by atoms with van der Waals surface area (Å²) < 4.78 is 0. The molecule has 2 fully saturated rings. The van der Waals surface area contributed by atoms with Crippen LogP contribution in [-0.2, 0) is 0 Å². The highest BCUT2D eigenvalue weighted by Gasteiger charge is 2.59. The third-order valence-corrected chi connectivity index (χ3v) is 5.59. The van der Waals surface area contributed by atoms with Crippen LogP contribution in [-0.4, -0.2) is 22.1 Å². The number of carbonyl (C=O) groups excluding carboxylic acids is 1. The van der Waals surface area contributed by atoms with E-state index in [1.807, 2.05) is 0 Å². The zero-order valence-corrected chi connectivity index (χ0v) is 12.8. The molecule has 2 aliphatic carbocycles. The highest BCUT2D eigenvalue weighted by molar-refractivity contribution is 5.92. The second kappa shape index (κ2) is 4.66. The quantitative estimate of drug-likeness (QED) is 0.582. The molecule has 1 aromatic heterocycles. The van der Waals surface area contributed by atoms with Crippen LogP contribution in [0.3, 0.4) is 0 Å². The molecule has 4 N–H and O–H groups in total. The van der Waals surface area contributed by atoms with E-state index >= 15 is 0 Å². The first-order valence-electron chi connectivity index (χ1n) is 7.48. The molecule has 3 atom stereocenters. The van der Waals surface area contributed by atoms with Crippen LogP contribution in [0, 0.1) is 16.7 Å². The van der Waals surface area contributed by atoms with Gasteiger partial charge in [-0.05, 0) is 48.1 Å². The van der Waals surface area contributed by atoms with E-state index in [4.69, 9.17) is 5.84 Å². The molecule has 6 nitrogen and oxygen atoms in total. The van der Waals surface area contributed by atoms with Gasteiger partial charge in [-0.1, -0.05) is 20.8 Å². The molecule has 0 spiro atoms. The lowest BCUT2D eigenvalue weighted by Gasteiger charge is -2.43. The Morgan fingerprint density at radius 2 is 2.10 bits per heavy atom. The van der Waals surface area contributed by atoms with Crippen molar-refractivity contribution >= 4 is 11.7 Å². The first-order chi connectivity index (χ1) is 9.87. The summed E-state index contributed by atoms with van der Waals surface area (Å²) in [4.78, 5) is 12.4. The highest BCUT2D eigenvalue weighted by atomic mass is 16.2.